The van der Waals surface area contributed by atoms with Crippen molar-refractivity contribution in [2.75, 3.05) is 41.0 Å². The molecular weight excluding hydrogens is 429 g/mol. The van der Waals surface area contributed by atoms with E-state index in [1.807, 2.05) is 25.2 Å². The molecule has 1 unspecified atom stereocenters. The summed E-state index contributed by atoms with van der Waals surface area (Å²) in [6, 6.07) is 5.65. The lowest BCUT2D eigenvalue weighted by Crippen LogP contribution is -2.41. The van der Waals surface area contributed by atoms with Crippen LogP contribution in [-0.2, 0) is 11.3 Å². The standard InChI is InChI=1S/C16H24ClN3O2.HI/c1-18-16(20(2)10-12-6-7-22-11-12)19-9-13-4-5-14(17)8-15(13)21-3;/h4-5,8,12H,6-7,9-11H2,1-3H3,(H,18,19);1H. The maximum absolute atomic E-state index is 5.99. The van der Waals surface area contributed by atoms with Crippen molar-refractivity contribution in [1.82, 2.24) is 10.2 Å². The van der Waals surface area contributed by atoms with Crippen LogP contribution in [0.25, 0.3) is 0 Å². The molecule has 1 N–H and O–H groups in total. The SMILES string of the molecule is CN=C(NCc1ccc(Cl)cc1OC)N(C)CC1CCOC1.I. The average Bonchev–Trinajstić information content (AvgIpc) is 3.01. The van der Waals surface area contributed by atoms with Crippen molar-refractivity contribution in [2.45, 2.75) is 13.0 Å². The predicted octanol–water partition coefficient (Wildman–Crippen LogP) is 3.01. The molecule has 0 saturated carbocycles. The third-order valence-electron chi connectivity index (χ3n) is 3.82. The Morgan fingerprint density at radius 2 is 2.30 bits per heavy atom. The molecule has 0 radical (unpaired) electrons. The highest BCUT2D eigenvalue weighted by Crippen LogP contribution is 2.23. The van der Waals surface area contributed by atoms with Crippen LogP contribution in [-0.4, -0.2) is 51.8 Å². The summed E-state index contributed by atoms with van der Waals surface area (Å²) >= 11 is 5.99. The van der Waals surface area contributed by atoms with Crippen molar-refractivity contribution >= 4 is 41.5 Å². The monoisotopic (exact) mass is 453 g/mol. The van der Waals surface area contributed by atoms with E-state index in [0.29, 0.717) is 17.5 Å². The van der Waals surface area contributed by atoms with E-state index in [1.54, 1.807) is 14.2 Å². The molecular formula is C16H25ClIN3O2. The van der Waals surface area contributed by atoms with Gasteiger partial charge < -0.3 is 19.7 Å². The molecule has 1 aromatic carbocycles. The number of nitrogens with zero attached hydrogens (tertiary/aromatic N) is 2. The molecule has 23 heavy (non-hydrogen) atoms. The van der Waals surface area contributed by atoms with E-state index in [4.69, 9.17) is 21.1 Å². The first-order valence-corrected chi connectivity index (χ1v) is 7.83. The van der Waals surface area contributed by atoms with Crippen LogP contribution >= 0.6 is 35.6 Å². The number of aliphatic imine (C=N–C) groups is 1. The molecule has 0 aliphatic carbocycles. The first-order valence-electron chi connectivity index (χ1n) is 7.46. The summed E-state index contributed by atoms with van der Waals surface area (Å²) in [7, 11) is 5.49. The Morgan fingerprint density at radius 3 is 2.91 bits per heavy atom. The van der Waals surface area contributed by atoms with E-state index in [2.05, 4.69) is 15.2 Å². The number of rotatable bonds is 5. The van der Waals surface area contributed by atoms with E-state index in [1.165, 1.54) is 0 Å². The lowest BCUT2D eigenvalue weighted by atomic mass is 10.1. The van der Waals surface area contributed by atoms with Gasteiger partial charge in [-0.15, -0.1) is 24.0 Å². The summed E-state index contributed by atoms with van der Waals surface area (Å²) in [5.74, 6) is 2.22. The largest absolute Gasteiger partial charge is 0.496 e. The number of benzene rings is 1. The molecule has 7 heteroatoms. The molecule has 1 atom stereocenters. The molecule has 1 saturated heterocycles. The second kappa shape index (κ2) is 10.2. The molecule has 1 aromatic rings. The van der Waals surface area contributed by atoms with Gasteiger partial charge in [0.05, 0.1) is 13.7 Å². The maximum Gasteiger partial charge on any atom is 0.193 e. The predicted molar refractivity (Wildman–Crippen MR) is 105 cm³/mol. The Kier molecular flexibility index (Phi) is 9.01. The van der Waals surface area contributed by atoms with Crippen LogP contribution in [0.3, 0.4) is 0 Å². The van der Waals surface area contributed by atoms with Crippen LogP contribution in [0.15, 0.2) is 23.2 Å². The molecule has 5 nitrogen and oxygen atoms in total. The van der Waals surface area contributed by atoms with E-state index < -0.39 is 0 Å². The van der Waals surface area contributed by atoms with Crippen LogP contribution in [0.2, 0.25) is 5.02 Å². The summed E-state index contributed by atoms with van der Waals surface area (Å²) in [6.45, 7) is 3.29. The quantitative estimate of drug-likeness (QED) is 0.423. The van der Waals surface area contributed by atoms with Crippen molar-refractivity contribution in [3.8, 4) is 5.75 Å². The Morgan fingerprint density at radius 1 is 1.52 bits per heavy atom. The van der Waals surface area contributed by atoms with Gasteiger partial charge in [-0.25, -0.2) is 0 Å². The zero-order valence-corrected chi connectivity index (χ0v) is 16.9. The molecule has 0 aromatic heterocycles. The van der Waals surface area contributed by atoms with Crippen LogP contribution in [0.4, 0.5) is 0 Å². The highest BCUT2D eigenvalue weighted by Gasteiger charge is 2.19. The minimum atomic E-state index is 0. The van der Waals surface area contributed by atoms with E-state index in [0.717, 1.165) is 43.5 Å². The van der Waals surface area contributed by atoms with Gasteiger partial charge in [0.15, 0.2) is 5.96 Å². The van der Waals surface area contributed by atoms with Crippen LogP contribution in [0.5, 0.6) is 5.75 Å². The topological polar surface area (TPSA) is 46.1 Å². The molecule has 130 valence electrons. The number of hydrogen-bond acceptors (Lipinski definition) is 3. The molecule has 1 fully saturated rings. The molecule has 0 bridgehead atoms. The van der Waals surface area contributed by atoms with Gasteiger partial charge in [0.1, 0.15) is 5.75 Å². The number of methoxy groups -OCH3 is 1. The van der Waals surface area contributed by atoms with Gasteiger partial charge in [-0.2, -0.15) is 0 Å². The molecule has 2 rings (SSSR count). The van der Waals surface area contributed by atoms with Crippen molar-refractivity contribution in [3.05, 3.63) is 28.8 Å². The van der Waals surface area contributed by atoms with E-state index >= 15 is 0 Å². The molecule has 1 heterocycles. The highest BCUT2D eigenvalue weighted by molar-refractivity contribution is 14.0. The maximum atomic E-state index is 5.99. The number of guanidine groups is 1. The normalized spacial score (nSPS) is 17.6. The Bertz CT molecular complexity index is 522. The summed E-state index contributed by atoms with van der Waals surface area (Å²) in [5.41, 5.74) is 1.05. The fraction of sp³-hybridized carbons (Fsp3) is 0.562. The lowest BCUT2D eigenvalue weighted by molar-refractivity contribution is 0.181. The van der Waals surface area contributed by atoms with Gasteiger partial charge in [0.2, 0.25) is 0 Å². The van der Waals surface area contributed by atoms with Crippen molar-refractivity contribution < 1.29 is 9.47 Å². The Hall–Kier alpha value is -0.730. The zero-order valence-electron chi connectivity index (χ0n) is 13.8. The second-order valence-corrected chi connectivity index (χ2v) is 5.90. The smallest absolute Gasteiger partial charge is 0.193 e. The number of nitrogens with one attached hydrogen (secondary N) is 1. The summed E-state index contributed by atoms with van der Waals surface area (Å²) in [4.78, 5) is 6.48. The number of halogens is 2. The summed E-state index contributed by atoms with van der Waals surface area (Å²) in [6.07, 6.45) is 1.12. The van der Waals surface area contributed by atoms with Crippen LogP contribution in [0.1, 0.15) is 12.0 Å². The molecule has 1 aliphatic rings. The average molecular weight is 454 g/mol. The number of hydrogen-bond donors (Lipinski definition) is 1. The first kappa shape index (κ1) is 20.3. The van der Waals surface area contributed by atoms with Crippen LogP contribution < -0.4 is 10.1 Å². The summed E-state index contributed by atoms with van der Waals surface area (Å²) in [5, 5.41) is 4.04. The Balaban J connectivity index is 0.00000264. The Labute approximate surface area is 160 Å². The van der Waals surface area contributed by atoms with Gasteiger partial charge in [-0.3, -0.25) is 4.99 Å². The summed E-state index contributed by atoms with van der Waals surface area (Å²) < 4.78 is 10.8. The van der Waals surface area contributed by atoms with Crippen LogP contribution in [0, 0.1) is 5.92 Å². The van der Waals surface area contributed by atoms with Gasteiger partial charge in [0, 0.05) is 50.3 Å². The minimum Gasteiger partial charge on any atom is -0.496 e. The van der Waals surface area contributed by atoms with Gasteiger partial charge >= 0.3 is 0 Å². The third-order valence-corrected chi connectivity index (χ3v) is 4.05. The highest BCUT2D eigenvalue weighted by atomic mass is 127. The molecule has 0 amide bonds. The van der Waals surface area contributed by atoms with Crippen molar-refractivity contribution in [1.29, 1.82) is 0 Å². The van der Waals surface area contributed by atoms with Gasteiger partial charge in [-0.1, -0.05) is 17.7 Å². The minimum absolute atomic E-state index is 0. The third kappa shape index (κ3) is 6.00. The van der Waals surface area contributed by atoms with Gasteiger partial charge in [-0.05, 0) is 18.6 Å². The fourth-order valence-electron chi connectivity index (χ4n) is 2.62. The number of ether oxygens (including phenoxy) is 2. The molecule has 0 spiro atoms. The second-order valence-electron chi connectivity index (χ2n) is 5.47. The molecule has 1 aliphatic heterocycles. The van der Waals surface area contributed by atoms with Crippen molar-refractivity contribution in [2.24, 2.45) is 10.9 Å². The van der Waals surface area contributed by atoms with Crippen molar-refractivity contribution in [3.63, 3.8) is 0 Å². The van der Waals surface area contributed by atoms with E-state index in [-0.39, 0.29) is 24.0 Å². The zero-order chi connectivity index (χ0) is 15.9. The first-order chi connectivity index (χ1) is 10.6. The fourth-order valence-corrected chi connectivity index (χ4v) is 2.79. The van der Waals surface area contributed by atoms with E-state index in [9.17, 15) is 0 Å². The van der Waals surface area contributed by atoms with Gasteiger partial charge in [0.25, 0.3) is 0 Å². The lowest BCUT2D eigenvalue weighted by Gasteiger charge is -2.24.